The van der Waals surface area contributed by atoms with Crippen LogP contribution in [-0.2, 0) is 20.7 Å². The summed E-state index contributed by atoms with van der Waals surface area (Å²) in [6.07, 6.45) is 11.2. The minimum absolute atomic E-state index is 0.0905. The van der Waals surface area contributed by atoms with Crippen molar-refractivity contribution in [3.05, 3.63) is 65.2 Å². The van der Waals surface area contributed by atoms with Crippen molar-refractivity contribution in [2.24, 2.45) is 0 Å². The van der Waals surface area contributed by atoms with Gasteiger partial charge in [0, 0.05) is 24.6 Å². The van der Waals surface area contributed by atoms with Crippen molar-refractivity contribution in [3.63, 3.8) is 0 Å². The lowest BCUT2D eigenvalue weighted by molar-refractivity contribution is -0.142. The highest BCUT2D eigenvalue weighted by molar-refractivity contribution is 5.92. The van der Waals surface area contributed by atoms with Gasteiger partial charge in [0.2, 0.25) is 11.8 Å². The lowest BCUT2D eigenvalue weighted by Crippen LogP contribution is -2.54. The van der Waals surface area contributed by atoms with Gasteiger partial charge in [-0.25, -0.2) is 4.79 Å². The van der Waals surface area contributed by atoms with Crippen molar-refractivity contribution in [1.82, 2.24) is 15.5 Å². The molecule has 2 atom stereocenters. The fourth-order valence-electron chi connectivity index (χ4n) is 4.83. The van der Waals surface area contributed by atoms with Crippen LogP contribution in [0.2, 0.25) is 0 Å². The Morgan fingerprint density at radius 2 is 1.58 bits per heavy atom. The largest absolute Gasteiger partial charge is 0.508 e. The van der Waals surface area contributed by atoms with Gasteiger partial charge in [0.05, 0.1) is 0 Å². The highest BCUT2D eigenvalue weighted by Crippen LogP contribution is 2.27. The summed E-state index contributed by atoms with van der Waals surface area (Å²) in [5, 5.41) is 15.5. The Morgan fingerprint density at radius 3 is 2.19 bits per heavy atom. The molecule has 3 N–H and O–H groups in total. The second-order valence-electron chi connectivity index (χ2n) is 12.2. The number of ether oxygens (including phenoxy) is 1. The molecule has 0 saturated heterocycles. The van der Waals surface area contributed by atoms with E-state index in [2.05, 4.69) is 23.5 Å². The molecule has 0 spiro atoms. The summed E-state index contributed by atoms with van der Waals surface area (Å²) in [5.41, 5.74) is 1.00. The van der Waals surface area contributed by atoms with Gasteiger partial charge < -0.3 is 25.4 Å². The molecule has 0 saturated carbocycles. The number of terminal acetylenes is 1. The molecule has 0 aliphatic heterocycles. The van der Waals surface area contributed by atoms with E-state index in [9.17, 15) is 19.5 Å². The maximum Gasteiger partial charge on any atom is 0.408 e. The molecule has 2 unspecified atom stereocenters. The maximum atomic E-state index is 14.6. The fourth-order valence-corrected chi connectivity index (χ4v) is 4.83. The number of phenols is 1. The first-order chi connectivity index (χ1) is 20.4. The van der Waals surface area contributed by atoms with Crippen molar-refractivity contribution in [2.45, 2.75) is 110 Å². The zero-order valence-corrected chi connectivity index (χ0v) is 26.6. The second kappa shape index (κ2) is 17.2. The molecule has 0 bridgehead atoms. The number of benzene rings is 2. The minimum Gasteiger partial charge on any atom is -0.508 e. The number of aromatic hydroxyl groups is 1. The van der Waals surface area contributed by atoms with Crippen LogP contribution in [0, 0.1) is 12.3 Å². The average molecular weight is 592 g/mol. The number of nitrogens with one attached hydrogen (secondary N) is 2. The topological polar surface area (TPSA) is 108 Å². The normalized spacial score (nSPS) is 12.6. The summed E-state index contributed by atoms with van der Waals surface area (Å²) in [4.78, 5) is 42.9. The zero-order chi connectivity index (χ0) is 32.0. The number of hydrogen-bond donors (Lipinski definition) is 3. The van der Waals surface area contributed by atoms with Crippen molar-refractivity contribution >= 4 is 17.9 Å². The van der Waals surface area contributed by atoms with Crippen molar-refractivity contribution in [3.8, 4) is 18.1 Å². The Morgan fingerprint density at radius 1 is 0.953 bits per heavy atom. The Hall–Kier alpha value is -3.99. The minimum atomic E-state index is -1.05. The van der Waals surface area contributed by atoms with E-state index in [1.54, 1.807) is 62.1 Å². The molecule has 43 heavy (non-hydrogen) atoms. The molecule has 0 radical (unpaired) electrons. The molecule has 0 aliphatic carbocycles. The maximum absolute atomic E-state index is 14.6. The van der Waals surface area contributed by atoms with Crippen molar-refractivity contribution in [2.75, 3.05) is 6.54 Å². The molecule has 2 aromatic rings. The van der Waals surface area contributed by atoms with Gasteiger partial charge in [0.15, 0.2) is 0 Å². The third kappa shape index (κ3) is 12.0. The summed E-state index contributed by atoms with van der Waals surface area (Å²) in [7, 11) is 0. The lowest BCUT2D eigenvalue weighted by atomic mass is 9.96. The van der Waals surface area contributed by atoms with Crippen molar-refractivity contribution < 1.29 is 24.2 Å². The van der Waals surface area contributed by atoms with E-state index >= 15 is 0 Å². The summed E-state index contributed by atoms with van der Waals surface area (Å²) in [6, 6.07) is 11.3. The lowest BCUT2D eigenvalue weighted by Gasteiger charge is -2.35. The third-order valence-corrected chi connectivity index (χ3v) is 6.80. The highest BCUT2D eigenvalue weighted by Gasteiger charge is 2.37. The first kappa shape index (κ1) is 35.2. The Labute approximate surface area is 257 Å². The van der Waals surface area contributed by atoms with Crippen LogP contribution in [0.4, 0.5) is 4.79 Å². The number of unbranched alkanes of at least 4 members (excludes halogenated alkanes) is 5. The van der Waals surface area contributed by atoms with Crippen LogP contribution < -0.4 is 10.6 Å². The van der Waals surface area contributed by atoms with Crippen LogP contribution in [0.3, 0.4) is 0 Å². The van der Waals surface area contributed by atoms with Crippen LogP contribution in [0.15, 0.2) is 48.5 Å². The quantitative estimate of drug-likeness (QED) is 0.167. The SMILES string of the molecule is C#Cc1ccccc1C(C(=O)NC(C)C)N(CCCCCCCC)C(=O)C(Cc1ccc(O)cc1)NC(=O)OC(C)(C)C. The van der Waals surface area contributed by atoms with Crippen LogP contribution in [0.25, 0.3) is 0 Å². The molecule has 2 rings (SSSR count). The number of phenolic OH excluding ortho intramolecular Hbond substituents is 1. The first-order valence-electron chi connectivity index (χ1n) is 15.3. The number of rotatable bonds is 15. The highest BCUT2D eigenvalue weighted by atomic mass is 16.6. The molecule has 2 aromatic carbocycles. The van der Waals surface area contributed by atoms with Gasteiger partial charge in [-0.3, -0.25) is 9.59 Å². The van der Waals surface area contributed by atoms with Gasteiger partial charge in [0.25, 0.3) is 0 Å². The van der Waals surface area contributed by atoms with Gasteiger partial charge in [-0.2, -0.15) is 0 Å². The van der Waals surface area contributed by atoms with Crippen LogP contribution in [0.5, 0.6) is 5.75 Å². The van der Waals surface area contributed by atoms with E-state index in [1.165, 1.54) is 12.1 Å². The molecule has 3 amide bonds. The first-order valence-corrected chi connectivity index (χ1v) is 15.3. The number of alkyl carbamates (subject to hydrolysis) is 1. The van der Waals surface area contributed by atoms with Crippen molar-refractivity contribution in [1.29, 1.82) is 0 Å². The van der Waals surface area contributed by atoms with Gasteiger partial charge in [-0.1, -0.05) is 75.3 Å². The summed E-state index contributed by atoms with van der Waals surface area (Å²) in [6.45, 7) is 11.4. The number of carbonyl (C=O) groups is 3. The van der Waals surface area contributed by atoms with Gasteiger partial charge in [-0.15, -0.1) is 6.42 Å². The summed E-state index contributed by atoms with van der Waals surface area (Å²) < 4.78 is 5.51. The third-order valence-electron chi connectivity index (χ3n) is 6.80. The number of carbonyl (C=O) groups excluding carboxylic acids is 3. The van der Waals surface area contributed by atoms with E-state index in [4.69, 9.17) is 11.2 Å². The predicted octanol–water partition coefficient (Wildman–Crippen LogP) is 6.26. The number of nitrogens with zero attached hydrogens (tertiary/aromatic N) is 1. The Balaban J connectivity index is 2.58. The Kier molecular flexibility index (Phi) is 14.1. The Bertz CT molecular complexity index is 1230. The standard InChI is InChI=1S/C35H49N3O5/c1-8-10-11-12-13-16-23-38(31(32(40)36-25(3)4)29-18-15-14-17-27(29)9-2)33(41)30(37-34(42)43-35(5,6)7)24-26-19-21-28(39)22-20-26/h2,14-15,17-22,25,30-31,39H,8,10-13,16,23-24H2,1,3-7H3,(H,36,40)(H,37,42). The molecule has 0 aliphatic rings. The zero-order valence-electron chi connectivity index (χ0n) is 26.6. The summed E-state index contributed by atoms with van der Waals surface area (Å²) >= 11 is 0. The number of amides is 3. The molecule has 8 heteroatoms. The van der Waals surface area contributed by atoms with E-state index in [-0.39, 0.29) is 24.1 Å². The van der Waals surface area contributed by atoms with E-state index in [0.717, 1.165) is 37.7 Å². The van der Waals surface area contributed by atoms with Gasteiger partial charge in [0.1, 0.15) is 23.4 Å². The second-order valence-corrected chi connectivity index (χ2v) is 12.2. The van der Waals surface area contributed by atoms with Gasteiger partial charge >= 0.3 is 6.09 Å². The number of hydrogen-bond acceptors (Lipinski definition) is 5. The molecule has 0 heterocycles. The van der Waals surface area contributed by atoms with Crippen LogP contribution in [-0.4, -0.2) is 52.1 Å². The van der Waals surface area contributed by atoms with Crippen LogP contribution in [0.1, 0.15) is 103 Å². The van der Waals surface area contributed by atoms with E-state index in [0.29, 0.717) is 24.1 Å². The molecule has 234 valence electrons. The molecule has 0 aromatic heterocycles. The monoisotopic (exact) mass is 591 g/mol. The van der Waals surface area contributed by atoms with Crippen LogP contribution >= 0.6 is 0 Å². The summed E-state index contributed by atoms with van der Waals surface area (Å²) in [5.74, 6) is 1.98. The van der Waals surface area contributed by atoms with E-state index < -0.39 is 29.7 Å². The fraction of sp³-hybridized carbons (Fsp3) is 0.514. The predicted molar refractivity (Wildman–Crippen MR) is 170 cm³/mol. The average Bonchev–Trinajstić information content (AvgIpc) is 2.93. The van der Waals surface area contributed by atoms with E-state index in [1.807, 2.05) is 13.8 Å². The molecular formula is C35H49N3O5. The smallest absolute Gasteiger partial charge is 0.408 e. The van der Waals surface area contributed by atoms with Gasteiger partial charge in [-0.05, 0) is 70.4 Å². The molecule has 8 nitrogen and oxygen atoms in total. The molecule has 0 fully saturated rings. The molecular weight excluding hydrogens is 542 g/mol.